The summed E-state index contributed by atoms with van der Waals surface area (Å²) in [5, 5.41) is 0. The summed E-state index contributed by atoms with van der Waals surface area (Å²) in [7, 11) is 1.07. The van der Waals surface area contributed by atoms with Crippen LogP contribution >= 0.6 is 8.58 Å². The maximum atomic E-state index is 11.8. The number of rotatable bonds is 4. The van der Waals surface area contributed by atoms with Crippen molar-refractivity contribution >= 4 is 20.1 Å². The van der Waals surface area contributed by atoms with Crippen molar-refractivity contribution in [2.24, 2.45) is 5.41 Å². The Labute approximate surface area is 138 Å². The van der Waals surface area contributed by atoms with Crippen LogP contribution in [0.5, 0.6) is 0 Å². The van der Waals surface area contributed by atoms with Crippen LogP contribution in [-0.2, 0) is 30.0 Å². The summed E-state index contributed by atoms with van der Waals surface area (Å²) in [4.78, 5) is 23.7. The van der Waals surface area contributed by atoms with E-state index in [9.17, 15) is 9.59 Å². The summed E-state index contributed by atoms with van der Waals surface area (Å²) in [5.41, 5.74) is 1.11. The molecule has 1 atom stereocenters. The SMILES string of the molecule is CC(=O)C1(C(C)=O)CCC(PC2CCCCC2)CC1.[Pd+2]. The number of hydrogen-bond acceptors (Lipinski definition) is 2. The normalized spacial score (nSPS) is 24.5. The molecule has 0 saturated heterocycles. The molecule has 2 fully saturated rings. The van der Waals surface area contributed by atoms with Crippen molar-refractivity contribution in [2.45, 2.75) is 83.0 Å². The number of carbonyl (C=O) groups excluding carboxylic acids is 2. The fourth-order valence-electron chi connectivity index (χ4n) is 3.83. The van der Waals surface area contributed by atoms with Gasteiger partial charge in [0.2, 0.25) is 0 Å². The Kier molecular flexibility index (Phi) is 7.55. The van der Waals surface area contributed by atoms with Crippen LogP contribution in [0.25, 0.3) is 0 Å². The van der Waals surface area contributed by atoms with Crippen LogP contribution in [0.15, 0.2) is 0 Å². The number of Topliss-reactive ketones (excluding diaryl/α,β-unsaturated/α-hetero) is 2. The Morgan fingerprint density at radius 3 is 1.75 bits per heavy atom. The van der Waals surface area contributed by atoms with Gasteiger partial charge in [-0.3, -0.25) is 9.59 Å². The molecule has 20 heavy (non-hydrogen) atoms. The van der Waals surface area contributed by atoms with Gasteiger partial charge in [-0.05, 0) is 63.7 Å². The average Bonchev–Trinajstić information content (AvgIpc) is 2.40. The van der Waals surface area contributed by atoms with Gasteiger partial charge in [-0.1, -0.05) is 19.3 Å². The van der Waals surface area contributed by atoms with Gasteiger partial charge < -0.3 is 0 Å². The molecule has 0 aliphatic heterocycles. The Hall–Kier alpha value is 0.432. The maximum Gasteiger partial charge on any atom is 2.00 e. The second-order valence-electron chi connectivity index (χ2n) is 6.47. The summed E-state index contributed by atoms with van der Waals surface area (Å²) in [6, 6.07) is 0. The van der Waals surface area contributed by atoms with Crippen molar-refractivity contribution in [2.75, 3.05) is 0 Å². The summed E-state index contributed by atoms with van der Waals surface area (Å²) < 4.78 is 0. The topological polar surface area (TPSA) is 34.1 Å². The van der Waals surface area contributed by atoms with E-state index in [4.69, 9.17) is 0 Å². The first-order valence-corrected chi connectivity index (χ1v) is 8.98. The van der Waals surface area contributed by atoms with E-state index in [0.29, 0.717) is 0 Å². The van der Waals surface area contributed by atoms with Gasteiger partial charge in [0.25, 0.3) is 0 Å². The molecule has 0 spiro atoms. The van der Waals surface area contributed by atoms with Crippen LogP contribution in [0.1, 0.15) is 71.6 Å². The van der Waals surface area contributed by atoms with E-state index >= 15 is 0 Å². The van der Waals surface area contributed by atoms with E-state index in [1.807, 2.05) is 0 Å². The van der Waals surface area contributed by atoms with E-state index in [1.54, 1.807) is 13.8 Å². The number of carbonyl (C=O) groups is 2. The molecule has 2 aliphatic rings. The average molecular weight is 389 g/mol. The van der Waals surface area contributed by atoms with Gasteiger partial charge in [0, 0.05) is 0 Å². The molecular weight excluding hydrogens is 362 g/mol. The molecule has 0 radical (unpaired) electrons. The van der Waals surface area contributed by atoms with Gasteiger partial charge in [0.05, 0.1) is 5.41 Å². The maximum absolute atomic E-state index is 11.8. The van der Waals surface area contributed by atoms with Crippen molar-refractivity contribution in [3.63, 3.8) is 0 Å². The zero-order chi connectivity index (χ0) is 13.9. The molecule has 2 rings (SSSR count). The van der Waals surface area contributed by atoms with E-state index in [2.05, 4.69) is 0 Å². The van der Waals surface area contributed by atoms with Crippen molar-refractivity contribution in [3.8, 4) is 0 Å². The summed E-state index contributed by atoms with van der Waals surface area (Å²) in [6.07, 6.45) is 10.9. The molecule has 0 amide bonds. The monoisotopic (exact) mass is 388 g/mol. The minimum absolute atomic E-state index is 0. The minimum atomic E-state index is -0.618. The van der Waals surface area contributed by atoms with Crippen LogP contribution in [0.3, 0.4) is 0 Å². The molecular formula is C16H27O2PPd+2. The van der Waals surface area contributed by atoms with Gasteiger partial charge in [-0.25, -0.2) is 0 Å². The summed E-state index contributed by atoms with van der Waals surface area (Å²) in [6.45, 7) is 3.20. The zero-order valence-corrected chi connectivity index (χ0v) is 15.2. The molecule has 116 valence electrons. The molecule has 4 heteroatoms. The first-order chi connectivity index (χ1) is 9.04. The quantitative estimate of drug-likeness (QED) is 0.413. The van der Waals surface area contributed by atoms with Gasteiger partial charge in [0.1, 0.15) is 11.6 Å². The first kappa shape index (κ1) is 18.5. The smallest absolute Gasteiger partial charge is 0.299 e. The molecule has 2 saturated carbocycles. The van der Waals surface area contributed by atoms with Gasteiger partial charge in [0.15, 0.2) is 0 Å². The van der Waals surface area contributed by atoms with Crippen molar-refractivity contribution < 1.29 is 30.0 Å². The Morgan fingerprint density at radius 2 is 1.30 bits per heavy atom. The van der Waals surface area contributed by atoms with Gasteiger partial charge >= 0.3 is 20.4 Å². The van der Waals surface area contributed by atoms with Crippen LogP contribution < -0.4 is 0 Å². The summed E-state index contributed by atoms with van der Waals surface area (Å²) in [5.74, 6) is 0.193. The van der Waals surface area contributed by atoms with E-state index < -0.39 is 5.41 Å². The van der Waals surface area contributed by atoms with Crippen LogP contribution in [0.4, 0.5) is 0 Å². The van der Waals surface area contributed by atoms with Gasteiger partial charge in [-0.2, -0.15) is 0 Å². The summed E-state index contributed by atoms with van der Waals surface area (Å²) >= 11 is 0. The fourth-order valence-corrected chi connectivity index (χ4v) is 5.86. The second kappa shape index (κ2) is 8.17. The number of ketones is 2. The Bertz CT molecular complexity index is 326. The van der Waals surface area contributed by atoms with E-state index in [0.717, 1.165) is 45.6 Å². The van der Waals surface area contributed by atoms with Crippen LogP contribution in [0, 0.1) is 5.41 Å². The fraction of sp³-hybridized carbons (Fsp3) is 0.875. The third-order valence-electron chi connectivity index (χ3n) is 5.26. The number of hydrogen-bond donors (Lipinski definition) is 0. The first-order valence-electron chi connectivity index (χ1n) is 7.83. The third kappa shape index (κ3) is 4.22. The van der Waals surface area contributed by atoms with E-state index in [-0.39, 0.29) is 32.0 Å². The van der Waals surface area contributed by atoms with Crippen LogP contribution in [-0.4, -0.2) is 22.9 Å². The molecule has 2 nitrogen and oxygen atoms in total. The molecule has 0 aromatic carbocycles. The minimum Gasteiger partial charge on any atom is -0.299 e. The second-order valence-corrected chi connectivity index (χ2v) is 8.44. The Balaban J connectivity index is 0.00000200. The molecule has 0 aromatic rings. The predicted octanol–water partition coefficient (Wildman–Crippen LogP) is 4.10. The van der Waals surface area contributed by atoms with E-state index in [1.165, 1.54) is 32.1 Å². The van der Waals surface area contributed by atoms with Crippen molar-refractivity contribution in [1.82, 2.24) is 0 Å². The van der Waals surface area contributed by atoms with Crippen molar-refractivity contribution in [1.29, 1.82) is 0 Å². The van der Waals surface area contributed by atoms with Gasteiger partial charge in [-0.15, -0.1) is 8.58 Å². The third-order valence-corrected chi connectivity index (χ3v) is 7.36. The molecule has 1 unspecified atom stereocenters. The predicted molar refractivity (Wildman–Crippen MR) is 81.2 cm³/mol. The van der Waals surface area contributed by atoms with Crippen molar-refractivity contribution in [3.05, 3.63) is 0 Å². The molecule has 0 bridgehead atoms. The molecule has 0 heterocycles. The molecule has 0 aromatic heterocycles. The van der Waals surface area contributed by atoms with Crippen LogP contribution in [0.2, 0.25) is 0 Å². The molecule has 2 aliphatic carbocycles. The molecule has 0 N–H and O–H groups in total. The zero-order valence-electron chi connectivity index (χ0n) is 12.7. The standard InChI is InChI=1S/C16H27O2P.Pd/c1-12(17)16(13(2)18)10-8-15(9-11-16)19-14-6-4-3-5-7-14;/h14-15,19H,3-11H2,1-2H3;/q;+2. The Morgan fingerprint density at radius 1 is 0.850 bits per heavy atom. The largest absolute Gasteiger partial charge is 2.00 e.